The summed E-state index contributed by atoms with van der Waals surface area (Å²) in [5.74, 6) is 0.0551. The highest BCUT2D eigenvalue weighted by molar-refractivity contribution is 9.10. The summed E-state index contributed by atoms with van der Waals surface area (Å²) >= 11 is 3.26. The topological polar surface area (TPSA) is 65.5 Å². The van der Waals surface area contributed by atoms with Crippen molar-refractivity contribution in [3.63, 3.8) is 0 Å². The van der Waals surface area contributed by atoms with Crippen LogP contribution >= 0.6 is 15.9 Å². The van der Waals surface area contributed by atoms with E-state index < -0.39 is 5.97 Å². The lowest BCUT2D eigenvalue weighted by Gasteiger charge is -2.02. The monoisotopic (exact) mass is 327 g/mol. The molecular formula is C13H14BrNO4. The minimum atomic E-state index is -0.496. The molecule has 0 bridgehead atoms. The molecule has 2 rings (SSSR count). The van der Waals surface area contributed by atoms with E-state index >= 15 is 0 Å². The van der Waals surface area contributed by atoms with Crippen LogP contribution in [0.5, 0.6) is 0 Å². The fourth-order valence-corrected chi connectivity index (χ4v) is 2.04. The molecule has 0 saturated heterocycles. The minimum Gasteiger partial charge on any atom is -0.460 e. The molecule has 0 aromatic carbocycles. The van der Waals surface area contributed by atoms with Crippen LogP contribution in [0.25, 0.3) is 11.5 Å². The fourth-order valence-electron chi connectivity index (χ4n) is 1.63. The molecule has 0 radical (unpaired) electrons. The van der Waals surface area contributed by atoms with Crippen LogP contribution in [0.2, 0.25) is 0 Å². The Hall–Kier alpha value is -1.56. The summed E-state index contributed by atoms with van der Waals surface area (Å²) in [5.41, 5.74) is 1.25. The summed E-state index contributed by atoms with van der Waals surface area (Å²) in [6.45, 7) is 5.92. The van der Waals surface area contributed by atoms with Gasteiger partial charge in [0.2, 0.25) is 11.7 Å². The summed E-state index contributed by atoms with van der Waals surface area (Å²) in [6, 6.07) is 1.72. The average Bonchev–Trinajstić information content (AvgIpc) is 2.94. The van der Waals surface area contributed by atoms with Gasteiger partial charge in [0, 0.05) is 0 Å². The molecular weight excluding hydrogens is 314 g/mol. The second-order valence-electron chi connectivity index (χ2n) is 4.22. The maximum atomic E-state index is 11.8. The maximum absolute atomic E-state index is 11.8. The second kappa shape index (κ2) is 5.61. The zero-order valence-corrected chi connectivity index (χ0v) is 12.5. The molecule has 2 aromatic heterocycles. The largest absolute Gasteiger partial charge is 0.460 e. The predicted octanol–water partition coefficient (Wildman–Crippen LogP) is 4.00. The molecule has 0 fully saturated rings. The highest BCUT2D eigenvalue weighted by Crippen LogP contribution is 2.32. The van der Waals surface area contributed by atoms with E-state index in [4.69, 9.17) is 13.6 Å². The van der Waals surface area contributed by atoms with Gasteiger partial charge in [-0.25, -0.2) is 9.78 Å². The van der Waals surface area contributed by atoms with Crippen LogP contribution < -0.4 is 0 Å². The molecule has 0 atom stereocenters. The summed E-state index contributed by atoms with van der Waals surface area (Å²) in [7, 11) is 0. The number of hydrogen-bond acceptors (Lipinski definition) is 5. The zero-order chi connectivity index (χ0) is 14.0. The number of aromatic nitrogens is 1. The lowest BCUT2D eigenvalue weighted by atomic mass is 10.1. The number of ether oxygens (including phenoxy) is 1. The first-order valence-corrected chi connectivity index (χ1v) is 6.75. The van der Waals surface area contributed by atoms with E-state index in [9.17, 15) is 4.79 Å². The van der Waals surface area contributed by atoms with Gasteiger partial charge in [0.1, 0.15) is 0 Å². The van der Waals surface area contributed by atoms with Gasteiger partial charge in [0.05, 0.1) is 24.1 Å². The Labute approximate surface area is 119 Å². The molecule has 0 N–H and O–H groups in total. The van der Waals surface area contributed by atoms with E-state index in [0.29, 0.717) is 28.4 Å². The molecule has 5 nitrogen and oxygen atoms in total. The van der Waals surface area contributed by atoms with Crippen LogP contribution in [0.1, 0.15) is 42.9 Å². The van der Waals surface area contributed by atoms with Gasteiger partial charge in [-0.15, -0.1) is 0 Å². The highest BCUT2D eigenvalue weighted by Gasteiger charge is 2.25. The van der Waals surface area contributed by atoms with E-state index in [-0.39, 0.29) is 11.7 Å². The van der Waals surface area contributed by atoms with Crippen molar-refractivity contribution in [3.05, 3.63) is 28.5 Å². The fraction of sp³-hybridized carbons (Fsp3) is 0.385. The number of furan rings is 1. The zero-order valence-electron chi connectivity index (χ0n) is 10.9. The number of oxazole rings is 1. The van der Waals surface area contributed by atoms with Crippen LogP contribution in [-0.4, -0.2) is 17.6 Å². The first-order valence-electron chi connectivity index (χ1n) is 5.95. The normalized spacial score (nSPS) is 11.0. The van der Waals surface area contributed by atoms with Crippen molar-refractivity contribution < 1.29 is 18.4 Å². The van der Waals surface area contributed by atoms with Crippen LogP contribution in [0.15, 0.2) is 25.8 Å². The molecule has 0 saturated carbocycles. The van der Waals surface area contributed by atoms with Crippen molar-refractivity contribution in [2.45, 2.75) is 26.7 Å². The van der Waals surface area contributed by atoms with Crippen molar-refractivity contribution in [1.82, 2.24) is 4.98 Å². The first-order chi connectivity index (χ1) is 9.04. The number of halogens is 1. The lowest BCUT2D eigenvalue weighted by molar-refractivity contribution is 0.0488. The summed E-state index contributed by atoms with van der Waals surface area (Å²) in [5, 5.41) is 0. The van der Waals surface area contributed by atoms with Gasteiger partial charge >= 0.3 is 5.97 Å². The first kappa shape index (κ1) is 13.9. The Morgan fingerprint density at radius 1 is 1.53 bits per heavy atom. The van der Waals surface area contributed by atoms with Crippen molar-refractivity contribution in [3.8, 4) is 11.5 Å². The molecule has 0 amide bonds. The molecule has 0 aliphatic heterocycles. The molecule has 0 aliphatic carbocycles. The van der Waals surface area contributed by atoms with Crippen LogP contribution in [0.3, 0.4) is 0 Å². The number of carbonyl (C=O) groups excluding carboxylic acids is 1. The number of hydrogen-bond donors (Lipinski definition) is 0. The standard InChI is InChI=1S/C13H14BrNO4/c1-4-17-13(16)10-9(7(2)3)15-12(19-10)8-5-6-18-11(8)14/h5-7H,4H2,1-3H3. The molecule has 0 aliphatic rings. The third-order valence-corrected chi connectivity index (χ3v) is 3.12. The molecule has 2 heterocycles. The SMILES string of the molecule is CCOC(=O)c1oc(-c2ccoc2Br)nc1C(C)C. The van der Waals surface area contributed by atoms with Gasteiger partial charge in [-0.3, -0.25) is 0 Å². The highest BCUT2D eigenvalue weighted by atomic mass is 79.9. The third-order valence-electron chi connectivity index (χ3n) is 2.51. The van der Waals surface area contributed by atoms with Crippen molar-refractivity contribution in [1.29, 1.82) is 0 Å². The van der Waals surface area contributed by atoms with Gasteiger partial charge in [-0.2, -0.15) is 0 Å². The van der Waals surface area contributed by atoms with Crippen molar-refractivity contribution in [2.75, 3.05) is 6.61 Å². The van der Waals surface area contributed by atoms with Gasteiger partial charge in [-0.1, -0.05) is 13.8 Å². The Balaban J connectivity index is 2.46. The third kappa shape index (κ3) is 2.73. The molecule has 19 heavy (non-hydrogen) atoms. The van der Waals surface area contributed by atoms with Gasteiger partial charge in [-0.05, 0) is 34.8 Å². The predicted molar refractivity (Wildman–Crippen MR) is 72.0 cm³/mol. The van der Waals surface area contributed by atoms with Crippen molar-refractivity contribution >= 4 is 21.9 Å². The quantitative estimate of drug-likeness (QED) is 0.794. The smallest absolute Gasteiger partial charge is 0.376 e. The molecule has 102 valence electrons. The van der Waals surface area contributed by atoms with E-state index in [0.717, 1.165) is 0 Å². The molecule has 0 spiro atoms. The molecule has 6 heteroatoms. The maximum Gasteiger partial charge on any atom is 0.376 e. The summed E-state index contributed by atoms with van der Waals surface area (Å²) < 4.78 is 16.2. The number of nitrogens with zero attached hydrogens (tertiary/aromatic N) is 1. The lowest BCUT2D eigenvalue weighted by Crippen LogP contribution is -2.07. The average molecular weight is 328 g/mol. The van der Waals surface area contributed by atoms with Crippen molar-refractivity contribution in [2.24, 2.45) is 0 Å². The van der Waals surface area contributed by atoms with E-state index in [2.05, 4.69) is 20.9 Å². The van der Waals surface area contributed by atoms with E-state index in [1.807, 2.05) is 13.8 Å². The van der Waals surface area contributed by atoms with Gasteiger partial charge in [0.15, 0.2) is 4.67 Å². The Morgan fingerprint density at radius 2 is 2.26 bits per heavy atom. The minimum absolute atomic E-state index is 0.0579. The molecule has 0 unspecified atom stereocenters. The van der Waals surface area contributed by atoms with Crippen LogP contribution in [0, 0.1) is 0 Å². The molecule has 2 aromatic rings. The van der Waals surface area contributed by atoms with E-state index in [1.54, 1.807) is 13.0 Å². The van der Waals surface area contributed by atoms with Gasteiger partial charge < -0.3 is 13.6 Å². The number of esters is 1. The van der Waals surface area contributed by atoms with E-state index in [1.165, 1.54) is 6.26 Å². The summed E-state index contributed by atoms with van der Waals surface area (Å²) in [6.07, 6.45) is 1.52. The van der Waals surface area contributed by atoms with Gasteiger partial charge in [0.25, 0.3) is 0 Å². The Kier molecular flexibility index (Phi) is 4.09. The Morgan fingerprint density at radius 3 is 2.79 bits per heavy atom. The second-order valence-corrected chi connectivity index (χ2v) is 4.94. The number of carbonyl (C=O) groups is 1. The van der Waals surface area contributed by atoms with Crippen LogP contribution in [0.4, 0.5) is 0 Å². The summed E-state index contributed by atoms with van der Waals surface area (Å²) in [4.78, 5) is 16.2. The Bertz CT molecular complexity index is 585. The van der Waals surface area contributed by atoms with Crippen LogP contribution in [-0.2, 0) is 4.74 Å². The number of rotatable bonds is 4.